The van der Waals surface area contributed by atoms with E-state index in [0.29, 0.717) is 38.8 Å². The summed E-state index contributed by atoms with van der Waals surface area (Å²) < 4.78 is 17.5. The molecule has 0 spiro atoms. The number of aliphatic hydroxyl groups excluding tert-OH is 2. The smallest absolute Gasteiger partial charge is 0.410 e. The lowest BCUT2D eigenvalue weighted by Gasteiger charge is -2.37. The number of carbonyl (C=O) groups is 2. The van der Waals surface area contributed by atoms with Crippen LogP contribution in [0.15, 0.2) is 35.1 Å². The Morgan fingerprint density at radius 3 is 2.51 bits per heavy atom. The van der Waals surface area contributed by atoms with Crippen LogP contribution in [0.5, 0.6) is 0 Å². The number of piperazine rings is 1. The molecule has 3 aliphatic heterocycles. The minimum absolute atomic E-state index is 0.112. The Bertz CT molecular complexity index is 1190. The summed E-state index contributed by atoms with van der Waals surface area (Å²) in [4.78, 5) is 32.3. The predicted molar refractivity (Wildman–Crippen MR) is 188 cm³/mol. The Morgan fingerprint density at radius 1 is 1.20 bits per heavy atom. The number of likely N-dealkylation sites (N-methyl/N-ethyl adjacent to an activating group) is 1. The molecule has 0 saturated carbocycles. The molecule has 0 bridgehead atoms. The Kier molecular flexibility index (Phi) is 15.2. The lowest BCUT2D eigenvalue weighted by molar-refractivity contribution is -0.151. The lowest BCUT2D eigenvalue weighted by Crippen LogP contribution is -2.52. The molecule has 8 atom stereocenters. The van der Waals surface area contributed by atoms with E-state index in [4.69, 9.17) is 14.2 Å². The van der Waals surface area contributed by atoms with Crippen molar-refractivity contribution in [3.05, 3.63) is 35.1 Å². The second-order valence-electron chi connectivity index (χ2n) is 15.1. The standard InChI is InChI=1S/C37H63N3O9/c1-9-29(42)27(4)34-30(47-34)24-36(5,45)15-10-11-25(2)33-26(3)12-13-31(37(6,46)16-14-28(41)23-32(43)49-33)48-35(44)40-21-19-39(20-22-40)18-17-38(7)8/h11-13,26,28-31,33,41-42,45-46H,9-10,14-24H2,1-8H3/b13-12+,25-11+,34-27+. The largest absolute Gasteiger partial charge is 0.483 e. The number of esters is 1. The molecule has 0 radical (unpaired) electrons. The molecule has 280 valence electrons. The van der Waals surface area contributed by atoms with Crippen molar-refractivity contribution in [2.24, 2.45) is 5.92 Å². The number of hydrogen-bond donors (Lipinski definition) is 4. The van der Waals surface area contributed by atoms with Gasteiger partial charge in [0.15, 0.2) is 12.2 Å². The van der Waals surface area contributed by atoms with Crippen LogP contribution in [0.4, 0.5) is 4.79 Å². The van der Waals surface area contributed by atoms with Gasteiger partial charge in [0.1, 0.15) is 17.5 Å². The number of allylic oxidation sites excluding steroid dienone is 1. The van der Waals surface area contributed by atoms with E-state index in [2.05, 4.69) is 9.80 Å². The van der Waals surface area contributed by atoms with Gasteiger partial charge in [-0.15, -0.1) is 0 Å². The first kappa shape index (κ1) is 40.9. The number of rotatable bonds is 12. The molecule has 49 heavy (non-hydrogen) atoms. The van der Waals surface area contributed by atoms with Gasteiger partial charge in [-0.05, 0) is 91.1 Å². The Labute approximate surface area is 293 Å². The molecule has 4 N–H and O–H groups in total. The second kappa shape index (κ2) is 18.1. The van der Waals surface area contributed by atoms with Crippen LogP contribution in [-0.4, -0.2) is 142 Å². The van der Waals surface area contributed by atoms with E-state index >= 15 is 0 Å². The fourth-order valence-corrected chi connectivity index (χ4v) is 6.43. The van der Waals surface area contributed by atoms with E-state index in [1.165, 1.54) is 0 Å². The van der Waals surface area contributed by atoms with Crippen LogP contribution in [0, 0.1) is 5.92 Å². The molecule has 1 amide bonds. The van der Waals surface area contributed by atoms with Gasteiger partial charge >= 0.3 is 12.1 Å². The second-order valence-corrected chi connectivity index (χ2v) is 15.1. The van der Waals surface area contributed by atoms with Crippen molar-refractivity contribution in [2.75, 3.05) is 53.4 Å². The van der Waals surface area contributed by atoms with Gasteiger partial charge in [-0.1, -0.05) is 26.0 Å². The summed E-state index contributed by atoms with van der Waals surface area (Å²) in [5.41, 5.74) is -0.905. The summed E-state index contributed by atoms with van der Waals surface area (Å²) in [6.07, 6.45) is 3.47. The molecule has 3 aliphatic rings. The number of amides is 1. The molecular formula is C37H63N3O9. The highest BCUT2D eigenvalue weighted by Crippen LogP contribution is 2.39. The first-order chi connectivity index (χ1) is 22.9. The van der Waals surface area contributed by atoms with Crippen LogP contribution in [0.3, 0.4) is 0 Å². The van der Waals surface area contributed by atoms with E-state index in [9.17, 15) is 30.0 Å². The summed E-state index contributed by atoms with van der Waals surface area (Å²) in [6, 6.07) is 0. The zero-order valence-electron chi connectivity index (χ0n) is 31.1. The third-order valence-electron chi connectivity index (χ3n) is 10.0. The maximum atomic E-state index is 13.3. The van der Waals surface area contributed by atoms with Gasteiger partial charge in [0.25, 0.3) is 0 Å². The summed E-state index contributed by atoms with van der Waals surface area (Å²) in [6.45, 7) is 15.3. The Balaban J connectivity index is 1.69. The summed E-state index contributed by atoms with van der Waals surface area (Å²) >= 11 is 0. The molecule has 0 aliphatic carbocycles. The van der Waals surface area contributed by atoms with Crippen molar-refractivity contribution in [1.82, 2.24) is 14.7 Å². The van der Waals surface area contributed by atoms with E-state index in [-0.39, 0.29) is 31.3 Å². The molecule has 0 aromatic carbocycles. The van der Waals surface area contributed by atoms with Gasteiger partial charge in [-0.2, -0.15) is 0 Å². The molecule has 12 heteroatoms. The number of epoxide rings is 1. The number of ether oxygens (including phenoxy) is 3. The third kappa shape index (κ3) is 13.0. The minimum Gasteiger partial charge on any atom is -0.483 e. The minimum atomic E-state index is -1.48. The fourth-order valence-electron chi connectivity index (χ4n) is 6.43. The third-order valence-corrected chi connectivity index (χ3v) is 10.0. The van der Waals surface area contributed by atoms with Crippen molar-refractivity contribution < 1.29 is 44.2 Å². The topological polar surface area (TPSA) is 156 Å². The Morgan fingerprint density at radius 2 is 1.88 bits per heavy atom. The number of nitrogens with zero attached hydrogens (tertiary/aromatic N) is 3. The van der Waals surface area contributed by atoms with Gasteiger partial charge in [0.05, 0.1) is 24.2 Å². The van der Waals surface area contributed by atoms with Crippen LogP contribution >= 0.6 is 0 Å². The summed E-state index contributed by atoms with van der Waals surface area (Å²) in [7, 11) is 4.07. The average molecular weight is 694 g/mol. The zero-order chi connectivity index (χ0) is 36.5. The van der Waals surface area contributed by atoms with Crippen molar-refractivity contribution >= 4 is 12.1 Å². The van der Waals surface area contributed by atoms with Crippen molar-refractivity contribution in [3.8, 4) is 0 Å². The van der Waals surface area contributed by atoms with Gasteiger partial charge < -0.3 is 44.4 Å². The highest BCUT2D eigenvalue weighted by molar-refractivity contribution is 5.70. The van der Waals surface area contributed by atoms with Crippen LogP contribution in [0.1, 0.15) is 86.5 Å². The molecule has 3 heterocycles. The molecule has 3 rings (SSSR count). The molecule has 2 saturated heterocycles. The zero-order valence-corrected chi connectivity index (χ0v) is 31.1. The maximum absolute atomic E-state index is 13.3. The van der Waals surface area contributed by atoms with Gasteiger partial charge in [-0.25, -0.2) is 4.79 Å². The molecule has 0 aromatic heterocycles. The van der Waals surface area contributed by atoms with Gasteiger partial charge in [0, 0.05) is 51.6 Å². The molecule has 2 fully saturated rings. The van der Waals surface area contributed by atoms with E-state index in [1.807, 2.05) is 47.9 Å². The highest BCUT2D eigenvalue weighted by Gasteiger charge is 2.41. The monoisotopic (exact) mass is 693 g/mol. The van der Waals surface area contributed by atoms with Crippen LogP contribution < -0.4 is 0 Å². The lowest BCUT2D eigenvalue weighted by atomic mass is 9.88. The van der Waals surface area contributed by atoms with Gasteiger partial charge in [0.2, 0.25) is 0 Å². The highest BCUT2D eigenvalue weighted by atomic mass is 16.6. The summed E-state index contributed by atoms with van der Waals surface area (Å²) in [5, 5.41) is 43.3. The average Bonchev–Trinajstić information content (AvgIpc) is 3.80. The number of aliphatic hydroxyl groups is 4. The van der Waals surface area contributed by atoms with Crippen molar-refractivity contribution in [3.63, 3.8) is 0 Å². The van der Waals surface area contributed by atoms with Crippen molar-refractivity contribution in [2.45, 2.75) is 128 Å². The first-order valence-electron chi connectivity index (χ1n) is 18.0. The summed E-state index contributed by atoms with van der Waals surface area (Å²) in [5.74, 6) is -0.138. The fraction of sp³-hybridized carbons (Fsp3) is 0.784. The number of cyclic esters (lactones) is 1. The van der Waals surface area contributed by atoms with E-state index < -0.39 is 47.7 Å². The number of hydrogen-bond acceptors (Lipinski definition) is 11. The van der Waals surface area contributed by atoms with Crippen LogP contribution in [0.2, 0.25) is 0 Å². The number of carbonyl (C=O) groups excluding carboxylic acids is 2. The first-order valence-corrected chi connectivity index (χ1v) is 18.0. The Hall–Kier alpha value is -2.48. The quantitative estimate of drug-likeness (QED) is 0.135. The van der Waals surface area contributed by atoms with Gasteiger partial charge in [-0.3, -0.25) is 9.69 Å². The molecule has 8 unspecified atom stereocenters. The normalized spacial score (nSPS) is 32.6. The van der Waals surface area contributed by atoms with Crippen molar-refractivity contribution in [1.29, 1.82) is 0 Å². The molecule has 0 aromatic rings. The SMILES string of the molecule is CCC(O)/C(C)=C1/OC1CC(C)(O)CC/C=C(\C)C1OC(=O)CC(O)CCC(C)(O)C(OC(=O)N2CCN(CCN(C)C)CC2)/C=C/C1C. The van der Waals surface area contributed by atoms with E-state index in [0.717, 1.165) is 43.1 Å². The maximum Gasteiger partial charge on any atom is 0.410 e. The molecular weight excluding hydrogens is 630 g/mol. The van der Waals surface area contributed by atoms with Crippen LogP contribution in [0.25, 0.3) is 0 Å². The predicted octanol–water partition coefficient (Wildman–Crippen LogP) is 3.38. The van der Waals surface area contributed by atoms with E-state index in [1.54, 1.807) is 30.9 Å². The van der Waals surface area contributed by atoms with Crippen LogP contribution in [-0.2, 0) is 19.0 Å². The molecule has 12 nitrogen and oxygen atoms in total.